The minimum Gasteiger partial charge on any atom is -0.479 e. The smallest absolute Gasteiger partial charge is 0.265 e. The Labute approximate surface area is 140 Å². The largest absolute Gasteiger partial charge is 0.479 e. The highest BCUT2D eigenvalue weighted by molar-refractivity contribution is 6.32. The summed E-state index contributed by atoms with van der Waals surface area (Å²) >= 11 is 6.05. The van der Waals surface area contributed by atoms with Gasteiger partial charge in [-0.2, -0.15) is 0 Å². The van der Waals surface area contributed by atoms with E-state index < -0.39 is 6.10 Å². The Kier molecular flexibility index (Phi) is 5.77. The zero-order chi connectivity index (χ0) is 16.8. The second-order valence-electron chi connectivity index (χ2n) is 5.07. The van der Waals surface area contributed by atoms with E-state index in [1.54, 1.807) is 48.5 Å². The molecule has 1 amide bonds. The summed E-state index contributed by atoms with van der Waals surface area (Å²) in [5.74, 6) is 0.127. The fourth-order valence-corrected chi connectivity index (χ4v) is 2.23. The molecule has 0 aromatic heterocycles. The Morgan fingerprint density at radius 2 is 1.91 bits per heavy atom. The van der Waals surface area contributed by atoms with E-state index in [2.05, 4.69) is 5.32 Å². The molecule has 2 aromatic rings. The second kappa shape index (κ2) is 7.79. The van der Waals surface area contributed by atoms with Gasteiger partial charge in [0.2, 0.25) is 0 Å². The molecule has 0 radical (unpaired) electrons. The molecular formula is C18H18ClNO3. The first-order valence-electron chi connectivity index (χ1n) is 7.34. The molecule has 0 aliphatic rings. The minimum atomic E-state index is -0.670. The number of ketones is 1. The number of amides is 1. The number of carbonyl (C=O) groups excluding carboxylic acids is 2. The van der Waals surface area contributed by atoms with Gasteiger partial charge >= 0.3 is 0 Å². The maximum absolute atomic E-state index is 12.4. The summed E-state index contributed by atoms with van der Waals surface area (Å²) in [7, 11) is 0. The molecule has 5 heteroatoms. The van der Waals surface area contributed by atoms with Gasteiger partial charge in [-0.15, -0.1) is 0 Å². The molecule has 0 saturated carbocycles. The molecule has 1 atom stereocenters. The fourth-order valence-electron chi connectivity index (χ4n) is 2.05. The fraction of sp³-hybridized carbons (Fsp3) is 0.222. The van der Waals surface area contributed by atoms with Gasteiger partial charge in [-0.05, 0) is 37.6 Å². The number of anilines is 1. The van der Waals surface area contributed by atoms with Crippen LogP contribution in [0.3, 0.4) is 0 Å². The number of ether oxygens (including phenoxy) is 1. The van der Waals surface area contributed by atoms with E-state index in [0.717, 1.165) is 0 Å². The summed E-state index contributed by atoms with van der Waals surface area (Å²) in [5, 5.41) is 3.22. The molecule has 0 fully saturated rings. The SMILES string of the molecule is CC[C@@H](Oc1ccccc1Cl)C(=O)Nc1cccc(C(C)=O)c1. The summed E-state index contributed by atoms with van der Waals surface area (Å²) in [4.78, 5) is 23.8. The van der Waals surface area contributed by atoms with Crippen LogP contribution in [0.5, 0.6) is 5.75 Å². The van der Waals surface area contributed by atoms with Gasteiger partial charge in [0, 0.05) is 11.3 Å². The summed E-state index contributed by atoms with van der Waals surface area (Å²) in [6.45, 7) is 3.34. The Bertz CT molecular complexity index is 715. The number of hydrogen-bond donors (Lipinski definition) is 1. The highest BCUT2D eigenvalue weighted by atomic mass is 35.5. The van der Waals surface area contributed by atoms with E-state index in [1.807, 2.05) is 6.92 Å². The molecule has 120 valence electrons. The molecule has 2 rings (SSSR count). The first-order valence-corrected chi connectivity index (χ1v) is 7.72. The van der Waals surface area contributed by atoms with E-state index in [1.165, 1.54) is 6.92 Å². The number of halogens is 1. The van der Waals surface area contributed by atoms with Gasteiger partial charge in [0.05, 0.1) is 5.02 Å². The van der Waals surface area contributed by atoms with Crippen LogP contribution in [0.1, 0.15) is 30.6 Å². The molecule has 0 heterocycles. The monoisotopic (exact) mass is 331 g/mol. The summed E-state index contributed by atoms with van der Waals surface area (Å²) in [5.41, 5.74) is 1.10. The van der Waals surface area contributed by atoms with Crippen molar-refractivity contribution in [2.75, 3.05) is 5.32 Å². The van der Waals surface area contributed by atoms with Gasteiger partial charge in [-0.25, -0.2) is 0 Å². The molecule has 0 unspecified atom stereocenters. The number of benzene rings is 2. The van der Waals surface area contributed by atoms with Crippen molar-refractivity contribution in [2.45, 2.75) is 26.4 Å². The molecule has 4 nitrogen and oxygen atoms in total. The van der Waals surface area contributed by atoms with Crippen LogP contribution in [0, 0.1) is 0 Å². The van der Waals surface area contributed by atoms with Crippen molar-refractivity contribution in [2.24, 2.45) is 0 Å². The van der Waals surface area contributed by atoms with Gasteiger partial charge < -0.3 is 10.1 Å². The first kappa shape index (κ1) is 17.0. The summed E-state index contributed by atoms with van der Waals surface area (Å²) < 4.78 is 5.70. The summed E-state index contributed by atoms with van der Waals surface area (Å²) in [6, 6.07) is 13.8. The number of carbonyl (C=O) groups is 2. The number of Topliss-reactive ketones (excluding diaryl/α,β-unsaturated/α-hetero) is 1. The number of nitrogens with one attached hydrogen (secondary N) is 1. The van der Waals surface area contributed by atoms with Crippen LogP contribution in [-0.4, -0.2) is 17.8 Å². The van der Waals surface area contributed by atoms with E-state index in [-0.39, 0.29) is 11.7 Å². The van der Waals surface area contributed by atoms with Crippen molar-refractivity contribution in [3.63, 3.8) is 0 Å². The van der Waals surface area contributed by atoms with Crippen LogP contribution in [0.25, 0.3) is 0 Å². The zero-order valence-corrected chi connectivity index (χ0v) is 13.8. The van der Waals surface area contributed by atoms with Crippen molar-refractivity contribution in [1.82, 2.24) is 0 Å². The lowest BCUT2D eigenvalue weighted by atomic mass is 10.1. The predicted molar refractivity (Wildman–Crippen MR) is 91.2 cm³/mol. The lowest BCUT2D eigenvalue weighted by Crippen LogP contribution is -2.32. The van der Waals surface area contributed by atoms with E-state index in [4.69, 9.17) is 16.3 Å². The van der Waals surface area contributed by atoms with E-state index in [9.17, 15) is 9.59 Å². The Morgan fingerprint density at radius 1 is 1.17 bits per heavy atom. The van der Waals surface area contributed by atoms with Crippen LogP contribution in [0.2, 0.25) is 5.02 Å². The predicted octanol–water partition coefficient (Wildman–Crippen LogP) is 4.34. The normalized spacial score (nSPS) is 11.6. The van der Waals surface area contributed by atoms with Gasteiger partial charge in [0.1, 0.15) is 5.75 Å². The van der Waals surface area contributed by atoms with Crippen LogP contribution < -0.4 is 10.1 Å². The van der Waals surface area contributed by atoms with Crippen LogP contribution >= 0.6 is 11.6 Å². The third kappa shape index (κ3) is 4.57. The quantitative estimate of drug-likeness (QED) is 0.801. The number of rotatable bonds is 6. The van der Waals surface area contributed by atoms with Crippen LogP contribution in [0.15, 0.2) is 48.5 Å². The third-order valence-corrected chi connectivity index (χ3v) is 3.62. The average Bonchev–Trinajstić information content (AvgIpc) is 2.54. The third-order valence-electron chi connectivity index (χ3n) is 3.31. The number of para-hydroxylation sites is 1. The highest BCUT2D eigenvalue weighted by Gasteiger charge is 2.19. The summed E-state index contributed by atoms with van der Waals surface area (Å²) in [6.07, 6.45) is -0.181. The molecule has 0 aliphatic carbocycles. The zero-order valence-electron chi connectivity index (χ0n) is 13.0. The standard InChI is InChI=1S/C18H18ClNO3/c1-3-16(23-17-10-5-4-9-15(17)19)18(22)20-14-8-6-7-13(11-14)12(2)21/h4-11,16H,3H2,1-2H3,(H,20,22)/t16-/m1/s1. The van der Waals surface area contributed by atoms with Gasteiger partial charge in [-0.3, -0.25) is 9.59 Å². The molecule has 1 N–H and O–H groups in total. The number of hydrogen-bond acceptors (Lipinski definition) is 3. The van der Waals surface area contributed by atoms with Crippen molar-refractivity contribution in [3.05, 3.63) is 59.1 Å². The van der Waals surface area contributed by atoms with Crippen molar-refractivity contribution < 1.29 is 14.3 Å². The first-order chi connectivity index (χ1) is 11.0. The second-order valence-corrected chi connectivity index (χ2v) is 5.48. The van der Waals surface area contributed by atoms with E-state index >= 15 is 0 Å². The van der Waals surface area contributed by atoms with Gasteiger partial charge in [-0.1, -0.05) is 42.8 Å². The topological polar surface area (TPSA) is 55.4 Å². The average molecular weight is 332 g/mol. The molecule has 0 saturated heterocycles. The van der Waals surface area contributed by atoms with Gasteiger partial charge in [0.15, 0.2) is 11.9 Å². The van der Waals surface area contributed by atoms with Crippen molar-refractivity contribution in [1.29, 1.82) is 0 Å². The maximum atomic E-state index is 12.4. The lowest BCUT2D eigenvalue weighted by molar-refractivity contribution is -0.122. The Morgan fingerprint density at radius 3 is 2.57 bits per heavy atom. The molecule has 0 aliphatic heterocycles. The van der Waals surface area contributed by atoms with Crippen molar-refractivity contribution in [3.8, 4) is 5.75 Å². The van der Waals surface area contributed by atoms with Crippen molar-refractivity contribution >= 4 is 29.0 Å². The molecule has 0 spiro atoms. The minimum absolute atomic E-state index is 0.0551. The molecule has 23 heavy (non-hydrogen) atoms. The Hall–Kier alpha value is -2.33. The van der Waals surface area contributed by atoms with E-state index in [0.29, 0.717) is 28.4 Å². The van der Waals surface area contributed by atoms with Crippen LogP contribution in [-0.2, 0) is 4.79 Å². The highest BCUT2D eigenvalue weighted by Crippen LogP contribution is 2.25. The van der Waals surface area contributed by atoms with Crippen LogP contribution in [0.4, 0.5) is 5.69 Å². The molecule has 2 aromatic carbocycles. The molecule has 0 bridgehead atoms. The van der Waals surface area contributed by atoms with Gasteiger partial charge in [0.25, 0.3) is 5.91 Å². The molecular weight excluding hydrogens is 314 g/mol. The lowest BCUT2D eigenvalue weighted by Gasteiger charge is -2.18. The maximum Gasteiger partial charge on any atom is 0.265 e. The Balaban J connectivity index is 2.10.